The van der Waals surface area contributed by atoms with E-state index in [0.717, 1.165) is 11.1 Å². The first kappa shape index (κ1) is 30.5. The number of halogens is 3. The molecule has 1 fully saturated rings. The molecule has 10 heteroatoms. The van der Waals surface area contributed by atoms with Crippen LogP contribution < -0.4 is 14.8 Å². The number of rotatable bonds is 8. The zero-order valence-electron chi connectivity index (χ0n) is 24.0. The van der Waals surface area contributed by atoms with Gasteiger partial charge in [-0.05, 0) is 59.5 Å². The summed E-state index contributed by atoms with van der Waals surface area (Å²) < 4.78 is 53.3. The molecule has 2 amide bonds. The number of carbonyl (C=O) groups excluding carboxylic acids is 2. The average Bonchev–Trinajstić information content (AvgIpc) is 3.00. The Labute approximate surface area is 253 Å². The summed E-state index contributed by atoms with van der Waals surface area (Å²) in [6.45, 7) is 3.07. The molecule has 228 valence electrons. The Kier molecular flexibility index (Phi) is 9.38. The van der Waals surface area contributed by atoms with Crippen molar-refractivity contribution < 1.29 is 37.0 Å². The topological polar surface area (TPSA) is 77.1 Å². The molecule has 4 aromatic carbocycles. The highest BCUT2D eigenvalue weighted by atomic mass is 19.4. The highest BCUT2D eigenvalue weighted by Gasteiger charge is 2.31. The lowest BCUT2D eigenvalue weighted by Crippen LogP contribution is -2.42. The smallest absolute Gasteiger partial charge is 0.490 e. The Morgan fingerprint density at radius 3 is 2.27 bits per heavy atom. The Balaban J connectivity index is 1.18. The van der Waals surface area contributed by atoms with Crippen molar-refractivity contribution in [3.63, 3.8) is 0 Å². The number of piperidine rings is 1. The standard InChI is InChI=1S/C34H31F3N2O5/c1-23-7-5-12-30(31(23)25-13-15-28(16-14-25)44-34(35,36)37)32(40)38-26-10-6-11-29(21-26)43-27-17-19-39(20-18-27)33(41)42-22-24-8-3-2-4-9-24/h2-16,21,27H,17-20,22H2,1H3,(H,38,40). The van der Waals surface area contributed by atoms with Gasteiger partial charge in [0.15, 0.2) is 0 Å². The Bertz CT molecular complexity index is 1590. The molecule has 1 N–H and O–H groups in total. The normalized spacial score (nSPS) is 13.7. The first-order chi connectivity index (χ1) is 21.1. The van der Waals surface area contributed by atoms with E-state index in [1.807, 2.05) is 43.3 Å². The SMILES string of the molecule is Cc1cccc(C(=O)Nc2cccc(OC3CCN(C(=O)OCc4ccccc4)CC3)c2)c1-c1ccc(OC(F)(F)F)cc1. The highest BCUT2D eigenvalue weighted by Crippen LogP contribution is 2.32. The number of ether oxygens (including phenoxy) is 3. The van der Waals surface area contributed by atoms with Gasteiger partial charge in [-0.2, -0.15) is 0 Å². The van der Waals surface area contributed by atoms with Gasteiger partial charge in [-0.1, -0.05) is 60.7 Å². The molecule has 0 radical (unpaired) electrons. The zero-order chi connectivity index (χ0) is 31.1. The summed E-state index contributed by atoms with van der Waals surface area (Å²) in [4.78, 5) is 27.5. The van der Waals surface area contributed by atoms with E-state index in [2.05, 4.69) is 10.1 Å². The second-order valence-corrected chi connectivity index (χ2v) is 10.4. The van der Waals surface area contributed by atoms with Gasteiger partial charge in [0, 0.05) is 43.2 Å². The maximum Gasteiger partial charge on any atom is 0.573 e. The molecule has 44 heavy (non-hydrogen) atoms. The molecule has 1 saturated heterocycles. The maximum absolute atomic E-state index is 13.4. The fourth-order valence-corrected chi connectivity index (χ4v) is 5.07. The third kappa shape index (κ3) is 8.09. The molecule has 0 saturated carbocycles. The van der Waals surface area contributed by atoms with Gasteiger partial charge in [0.2, 0.25) is 0 Å². The lowest BCUT2D eigenvalue weighted by atomic mass is 9.94. The van der Waals surface area contributed by atoms with E-state index in [0.29, 0.717) is 54.1 Å². The van der Waals surface area contributed by atoms with Crippen LogP contribution >= 0.6 is 0 Å². The highest BCUT2D eigenvalue weighted by molar-refractivity contribution is 6.09. The van der Waals surface area contributed by atoms with Crippen LogP contribution in [0.1, 0.15) is 34.3 Å². The summed E-state index contributed by atoms with van der Waals surface area (Å²) in [7, 11) is 0. The molecule has 0 spiro atoms. The number of aryl methyl sites for hydroxylation is 1. The predicted octanol–water partition coefficient (Wildman–Crippen LogP) is 7.99. The number of hydrogen-bond donors (Lipinski definition) is 1. The van der Waals surface area contributed by atoms with Gasteiger partial charge in [-0.25, -0.2) is 4.79 Å². The molecule has 0 aromatic heterocycles. The summed E-state index contributed by atoms with van der Waals surface area (Å²) in [5.41, 5.74) is 3.79. The Morgan fingerprint density at radius 2 is 1.57 bits per heavy atom. The van der Waals surface area contributed by atoms with Crippen molar-refractivity contribution in [2.75, 3.05) is 18.4 Å². The van der Waals surface area contributed by atoms with E-state index in [4.69, 9.17) is 9.47 Å². The summed E-state index contributed by atoms with van der Waals surface area (Å²) in [5, 5.41) is 2.90. The van der Waals surface area contributed by atoms with E-state index < -0.39 is 6.36 Å². The number of nitrogens with one attached hydrogen (secondary N) is 1. The fourth-order valence-electron chi connectivity index (χ4n) is 5.07. The van der Waals surface area contributed by atoms with Crippen LogP contribution in [0.4, 0.5) is 23.7 Å². The molecule has 0 unspecified atom stereocenters. The largest absolute Gasteiger partial charge is 0.573 e. The molecule has 1 heterocycles. The van der Waals surface area contributed by atoms with Crippen molar-refractivity contribution in [2.24, 2.45) is 0 Å². The number of alkyl halides is 3. The Morgan fingerprint density at radius 1 is 0.864 bits per heavy atom. The molecule has 0 atom stereocenters. The van der Waals surface area contributed by atoms with Gasteiger partial charge in [-0.15, -0.1) is 13.2 Å². The molecular formula is C34H31F3N2O5. The van der Waals surface area contributed by atoms with Gasteiger partial charge < -0.3 is 24.4 Å². The van der Waals surface area contributed by atoms with Crippen molar-refractivity contribution in [3.05, 3.63) is 114 Å². The van der Waals surface area contributed by atoms with Crippen molar-refractivity contribution in [2.45, 2.75) is 38.8 Å². The van der Waals surface area contributed by atoms with Gasteiger partial charge >= 0.3 is 12.5 Å². The van der Waals surface area contributed by atoms with Crippen LogP contribution in [0.2, 0.25) is 0 Å². The summed E-state index contributed by atoms with van der Waals surface area (Å²) in [6, 6.07) is 27.2. The fraction of sp³-hybridized carbons (Fsp3) is 0.235. The molecular weight excluding hydrogens is 573 g/mol. The zero-order valence-corrected chi connectivity index (χ0v) is 24.0. The van der Waals surface area contributed by atoms with E-state index in [-0.39, 0.29) is 30.5 Å². The van der Waals surface area contributed by atoms with Crippen LogP contribution in [0, 0.1) is 6.92 Å². The number of nitrogens with zero attached hydrogens (tertiary/aromatic N) is 1. The van der Waals surface area contributed by atoms with Crippen LogP contribution in [0.15, 0.2) is 97.1 Å². The van der Waals surface area contributed by atoms with Crippen LogP contribution in [-0.2, 0) is 11.3 Å². The summed E-state index contributed by atoms with van der Waals surface area (Å²) in [6.07, 6.45) is -3.97. The maximum atomic E-state index is 13.4. The van der Waals surface area contributed by atoms with Gasteiger partial charge in [-0.3, -0.25) is 4.79 Å². The van der Waals surface area contributed by atoms with Gasteiger partial charge in [0.05, 0.1) is 0 Å². The van der Waals surface area contributed by atoms with E-state index in [9.17, 15) is 22.8 Å². The second-order valence-electron chi connectivity index (χ2n) is 10.4. The number of hydrogen-bond acceptors (Lipinski definition) is 5. The lowest BCUT2D eigenvalue weighted by molar-refractivity contribution is -0.274. The molecule has 5 rings (SSSR count). The van der Waals surface area contributed by atoms with Crippen LogP contribution in [0.3, 0.4) is 0 Å². The Hall–Kier alpha value is -4.99. The quantitative estimate of drug-likeness (QED) is 0.221. The first-order valence-electron chi connectivity index (χ1n) is 14.1. The number of amides is 2. The molecule has 7 nitrogen and oxygen atoms in total. The predicted molar refractivity (Wildman–Crippen MR) is 160 cm³/mol. The average molecular weight is 605 g/mol. The van der Waals surface area contributed by atoms with Gasteiger partial charge in [0.1, 0.15) is 24.2 Å². The number of carbonyl (C=O) groups is 2. The number of likely N-dealkylation sites (tertiary alicyclic amines) is 1. The van der Waals surface area contributed by atoms with Crippen LogP contribution in [0.5, 0.6) is 11.5 Å². The minimum Gasteiger partial charge on any atom is -0.490 e. The second kappa shape index (κ2) is 13.5. The number of anilines is 1. The third-order valence-corrected chi connectivity index (χ3v) is 7.19. The van der Waals surface area contributed by atoms with Crippen molar-refractivity contribution in [3.8, 4) is 22.6 Å². The summed E-state index contributed by atoms with van der Waals surface area (Å²) >= 11 is 0. The molecule has 1 aliphatic rings. The van der Waals surface area contributed by atoms with Crippen LogP contribution in [-0.4, -0.2) is 42.5 Å². The first-order valence-corrected chi connectivity index (χ1v) is 14.1. The minimum absolute atomic E-state index is 0.105. The minimum atomic E-state index is -4.79. The van der Waals surface area contributed by atoms with E-state index in [1.165, 1.54) is 24.3 Å². The van der Waals surface area contributed by atoms with E-state index in [1.54, 1.807) is 41.3 Å². The van der Waals surface area contributed by atoms with Gasteiger partial charge in [0.25, 0.3) is 5.91 Å². The third-order valence-electron chi connectivity index (χ3n) is 7.19. The van der Waals surface area contributed by atoms with E-state index >= 15 is 0 Å². The molecule has 4 aromatic rings. The van der Waals surface area contributed by atoms with Crippen molar-refractivity contribution >= 4 is 17.7 Å². The number of benzene rings is 4. The van der Waals surface area contributed by atoms with Crippen molar-refractivity contribution in [1.29, 1.82) is 0 Å². The molecule has 1 aliphatic heterocycles. The monoisotopic (exact) mass is 604 g/mol. The van der Waals surface area contributed by atoms with Crippen LogP contribution in [0.25, 0.3) is 11.1 Å². The summed E-state index contributed by atoms with van der Waals surface area (Å²) in [5.74, 6) is -0.136. The van der Waals surface area contributed by atoms with Crippen molar-refractivity contribution in [1.82, 2.24) is 4.90 Å². The molecule has 0 aliphatic carbocycles. The molecule has 0 bridgehead atoms. The lowest BCUT2D eigenvalue weighted by Gasteiger charge is -2.31.